The second-order valence-corrected chi connectivity index (χ2v) is 8.81. The van der Waals surface area contributed by atoms with Crippen molar-refractivity contribution in [2.75, 3.05) is 18.5 Å². The summed E-state index contributed by atoms with van der Waals surface area (Å²) in [5.41, 5.74) is 3.62. The second kappa shape index (κ2) is 11.3. The summed E-state index contributed by atoms with van der Waals surface area (Å²) in [7, 11) is 1.65. The number of rotatable bonds is 6. The lowest BCUT2D eigenvalue weighted by Gasteiger charge is -2.29. The van der Waals surface area contributed by atoms with Crippen LogP contribution in [0.4, 0.5) is 10.1 Å². The van der Waals surface area contributed by atoms with Crippen LogP contribution in [0.2, 0.25) is 0 Å². The SMILES string of the molecule is Cl.Cl.Cn1c(=O)ccc2ncc(F)c(NCC3CCC(NCc4cc5c(cn4)OCC5)CC3)c21. The first-order valence-electron chi connectivity index (χ1n) is 11.3. The molecule has 0 spiro atoms. The molecule has 1 saturated carbocycles. The first kappa shape index (κ1) is 26.2. The molecule has 4 heterocycles. The number of aryl methyl sites for hydroxylation is 1. The maximum absolute atomic E-state index is 14.5. The fraction of sp³-hybridized carbons (Fsp3) is 0.458. The van der Waals surface area contributed by atoms with Crippen molar-refractivity contribution in [1.82, 2.24) is 19.9 Å². The predicted molar refractivity (Wildman–Crippen MR) is 136 cm³/mol. The molecule has 34 heavy (non-hydrogen) atoms. The number of fused-ring (bicyclic) bond motifs is 2. The van der Waals surface area contributed by atoms with E-state index in [4.69, 9.17) is 4.74 Å². The van der Waals surface area contributed by atoms with Gasteiger partial charge in [-0.1, -0.05) is 0 Å². The molecule has 5 rings (SSSR count). The molecule has 1 aliphatic heterocycles. The molecule has 0 radical (unpaired) electrons. The minimum atomic E-state index is -0.429. The van der Waals surface area contributed by atoms with Crippen LogP contribution < -0.4 is 20.9 Å². The Hall–Kier alpha value is -2.42. The Morgan fingerprint density at radius 2 is 1.94 bits per heavy atom. The van der Waals surface area contributed by atoms with E-state index in [-0.39, 0.29) is 30.4 Å². The second-order valence-electron chi connectivity index (χ2n) is 8.81. The maximum Gasteiger partial charge on any atom is 0.250 e. The molecule has 184 valence electrons. The van der Waals surface area contributed by atoms with Gasteiger partial charge in [-0.15, -0.1) is 24.8 Å². The molecule has 10 heteroatoms. The summed E-state index contributed by atoms with van der Waals surface area (Å²) in [5, 5.41) is 6.91. The third-order valence-corrected chi connectivity index (χ3v) is 6.71. The van der Waals surface area contributed by atoms with Crippen LogP contribution >= 0.6 is 24.8 Å². The van der Waals surface area contributed by atoms with Crippen molar-refractivity contribution in [3.8, 4) is 5.75 Å². The summed E-state index contributed by atoms with van der Waals surface area (Å²) < 4.78 is 21.5. The molecular formula is C24H30Cl2FN5O2. The molecule has 0 unspecified atom stereocenters. The van der Waals surface area contributed by atoms with Gasteiger partial charge in [0.25, 0.3) is 5.56 Å². The zero-order chi connectivity index (χ0) is 22.1. The lowest BCUT2D eigenvalue weighted by molar-refractivity contribution is 0.299. The van der Waals surface area contributed by atoms with Gasteiger partial charge < -0.3 is 19.9 Å². The van der Waals surface area contributed by atoms with Crippen molar-refractivity contribution < 1.29 is 9.13 Å². The molecule has 0 saturated heterocycles. The average molecular weight is 510 g/mol. The number of halogens is 3. The van der Waals surface area contributed by atoms with Gasteiger partial charge in [0.15, 0.2) is 5.82 Å². The first-order chi connectivity index (χ1) is 15.6. The Kier molecular flexibility index (Phi) is 8.73. The van der Waals surface area contributed by atoms with Crippen LogP contribution in [0, 0.1) is 11.7 Å². The minimum Gasteiger partial charge on any atom is -0.491 e. The average Bonchev–Trinajstić information content (AvgIpc) is 3.28. The highest BCUT2D eigenvalue weighted by Crippen LogP contribution is 2.28. The minimum absolute atomic E-state index is 0. The van der Waals surface area contributed by atoms with Crippen molar-refractivity contribution in [3.63, 3.8) is 0 Å². The van der Waals surface area contributed by atoms with Gasteiger partial charge in [0.1, 0.15) is 5.75 Å². The topological polar surface area (TPSA) is 81.1 Å². The Balaban J connectivity index is 0.00000162. The largest absolute Gasteiger partial charge is 0.491 e. The van der Waals surface area contributed by atoms with Gasteiger partial charge in [0.05, 0.1) is 41.4 Å². The number of nitrogens with one attached hydrogen (secondary N) is 2. The smallest absolute Gasteiger partial charge is 0.250 e. The molecule has 0 bridgehead atoms. The van der Waals surface area contributed by atoms with Crippen LogP contribution in [0.1, 0.15) is 36.9 Å². The zero-order valence-electron chi connectivity index (χ0n) is 19.1. The molecule has 1 fully saturated rings. The van der Waals surface area contributed by atoms with E-state index in [0.29, 0.717) is 35.2 Å². The maximum atomic E-state index is 14.5. The van der Waals surface area contributed by atoms with E-state index in [1.165, 1.54) is 22.4 Å². The van der Waals surface area contributed by atoms with Gasteiger partial charge in [-0.2, -0.15) is 0 Å². The van der Waals surface area contributed by atoms with Crippen LogP contribution in [0.3, 0.4) is 0 Å². The summed E-state index contributed by atoms with van der Waals surface area (Å²) in [6.07, 6.45) is 8.32. The first-order valence-corrected chi connectivity index (χ1v) is 11.3. The Morgan fingerprint density at radius 1 is 1.15 bits per heavy atom. The fourth-order valence-corrected chi connectivity index (χ4v) is 4.79. The van der Waals surface area contributed by atoms with Crippen LogP contribution in [-0.4, -0.2) is 33.7 Å². The molecule has 3 aromatic heterocycles. The summed E-state index contributed by atoms with van der Waals surface area (Å²) >= 11 is 0. The molecule has 0 atom stereocenters. The van der Waals surface area contributed by atoms with E-state index in [2.05, 4.69) is 26.7 Å². The van der Waals surface area contributed by atoms with Crippen LogP contribution in [0.25, 0.3) is 11.0 Å². The third kappa shape index (κ3) is 5.45. The van der Waals surface area contributed by atoms with Gasteiger partial charge in [-0.25, -0.2) is 4.39 Å². The van der Waals surface area contributed by atoms with E-state index in [9.17, 15) is 9.18 Å². The molecular weight excluding hydrogens is 480 g/mol. The van der Waals surface area contributed by atoms with Crippen molar-refractivity contribution in [1.29, 1.82) is 0 Å². The Bertz CT molecular complexity index is 1200. The van der Waals surface area contributed by atoms with Gasteiger partial charge in [0, 0.05) is 44.2 Å². The number of hydrogen-bond donors (Lipinski definition) is 2. The number of ether oxygens (including phenoxy) is 1. The molecule has 2 N–H and O–H groups in total. The lowest BCUT2D eigenvalue weighted by Crippen LogP contribution is -2.34. The molecule has 7 nitrogen and oxygen atoms in total. The van der Waals surface area contributed by atoms with Crippen molar-refractivity contribution in [3.05, 3.63) is 58.0 Å². The fourth-order valence-electron chi connectivity index (χ4n) is 4.79. The van der Waals surface area contributed by atoms with E-state index < -0.39 is 5.82 Å². The van der Waals surface area contributed by atoms with Gasteiger partial charge in [-0.3, -0.25) is 14.8 Å². The standard InChI is InChI=1S/C24H28FN5O2.2ClH/c1-30-22(31)7-6-20-24(30)23(19(25)13-28-20)29-11-15-2-4-17(5-3-15)26-12-18-10-16-8-9-32-21(16)14-27-18;;/h6-7,10,13-15,17,26H,2-5,8-9,11-12H2,1H3,(H,28,29);2*1H. The van der Waals surface area contributed by atoms with E-state index in [1.54, 1.807) is 13.1 Å². The van der Waals surface area contributed by atoms with Crippen LogP contribution in [0.5, 0.6) is 5.75 Å². The number of anilines is 1. The van der Waals surface area contributed by atoms with Crippen molar-refractivity contribution >= 4 is 41.5 Å². The highest BCUT2D eigenvalue weighted by atomic mass is 35.5. The number of nitrogens with zero attached hydrogens (tertiary/aromatic N) is 3. The summed E-state index contributed by atoms with van der Waals surface area (Å²) in [6, 6.07) is 5.71. The van der Waals surface area contributed by atoms with Crippen molar-refractivity contribution in [2.45, 2.75) is 44.7 Å². The number of aromatic nitrogens is 3. The monoisotopic (exact) mass is 509 g/mol. The molecule has 1 aliphatic carbocycles. The Morgan fingerprint density at radius 3 is 2.74 bits per heavy atom. The van der Waals surface area contributed by atoms with Crippen LogP contribution in [-0.2, 0) is 20.0 Å². The highest BCUT2D eigenvalue weighted by molar-refractivity contribution is 5.88. The van der Waals surface area contributed by atoms with Gasteiger partial charge >= 0.3 is 0 Å². The van der Waals surface area contributed by atoms with Crippen molar-refractivity contribution in [2.24, 2.45) is 13.0 Å². The van der Waals surface area contributed by atoms with Gasteiger partial charge in [-0.05, 0) is 43.7 Å². The lowest BCUT2D eigenvalue weighted by atomic mass is 9.86. The molecule has 0 amide bonds. The van der Waals surface area contributed by atoms with Gasteiger partial charge in [0.2, 0.25) is 0 Å². The quantitative estimate of drug-likeness (QED) is 0.522. The van der Waals surface area contributed by atoms with Crippen LogP contribution in [0.15, 0.2) is 35.4 Å². The summed E-state index contributed by atoms with van der Waals surface area (Å²) in [6.45, 7) is 2.20. The molecule has 2 aliphatic rings. The third-order valence-electron chi connectivity index (χ3n) is 6.71. The molecule has 0 aromatic carbocycles. The number of pyridine rings is 3. The molecule has 3 aromatic rings. The van der Waals surface area contributed by atoms with E-state index in [0.717, 1.165) is 56.7 Å². The van der Waals surface area contributed by atoms with E-state index in [1.807, 2.05) is 6.20 Å². The Labute approximate surface area is 210 Å². The predicted octanol–water partition coefficient (Wildman–Crippen LogP) is 4.01. The normalized spacial score (nSPS) is 19.0. The van der Waals surface area contributed by atoms with E-state index >= 15 is 0 Å². The summed E-state index contributed by atoms with van der Waals surface area (Å²) in [5.74, 6) is 0.952. The summed E-state index contributed by atoms with van der Waals surface area (Å²) in [4.78, 5) is 20.6. The zero-order valence-corrected chi connectivity index (χ0v) is 20.7. The number of hydrogen-bond acceptors (Lipinski definition) is 6. The highest BCUT2D eigenvalue weighted by Gasteiger charge is 2.22.